The highest BCUT2D eigenvalue weighted by Crippen LogP contribution is 1.96. The minimum Gasteiger partial charge on any atom is -0.383 e. The molecule has 0 unspecified atom stereocenters. The van der Waals surface area contributed by atoms with Gasteiger partial charge in [0, 0.05) is 26.4 Å². The summed E-state index contributed by atoms with van der Waals surface area (Å²) in [6.45, 7) is 4.31. The van der Waals surface area contributed by atoms with Crippen LogP contribution >= 0.6 is 0 Å². The van der Waals surface area contributed by atoms with Crippen molar-refractivity contribution in [3.63, 3.8) is 0 Å². The van der Waals surface area contributed by atoms with Gasteiger partial charge in [0.2, 0.25) is 0 Å². The van der Waals surface area contributed by atoms with Crippen LogP contribution in [0.2, 0.25) is 0 Å². The van der Waals surface area contributed by atoms with Crippen LogP contribution in [-0.4, -0.2) is 36.8 Å². The largest absolute Gasteiger partial charge is 0.383 e. The summed E-state index contributed by atoms with van der Waals surface area (Å²) in [5.74, 6) is 0.796. The van der Waals surface area contributed by atoms with Gasteiger partial charge in [-0.2, -0.15) is 0 Å². The molecule has 0 fully saturated rings. The first kappa shape index (κ1) is 11.8. The maximum absolute atomic E-state index is 4.92. The Labute approximate surface area is 90.4 Å². The Morgan fingerprint density at radius 1 is 1.53 bits per heavy atom. The summed E-state index contributed by atoms with van der Waals surface area (Å²) in [5, 5.41) is 3.22. The molecule has 0 aromatic carbocycles. The average molecular weight is 207 g/mol. The SMILES string of the molecule is COCCNC/C=C/c1ccnc(C)n1. The van der Waals surface area contributed by atoms with E-state index in [1.54, 1.807) is 13.3 Å². The second-order valence-corrected chi connectivity index (χ2v) is 3.13. The first-order valence-electron chi connectivity index (χ1n) is 4.99. The van der Waals surface area contributed by atoms with Crippen molar-refractivity contribution in [2.75, 3.05) is 26.8 Å². The molecule has 0 aliphatic rings. The Kier molecular flexibility index (Phi) is 5.58. The van der Waals surface area contributed by atoms with E-state index in [1.807, 2.05) is 25.1 Å². The molecule has 82 valence electrons. The van der Waals surface area contributed by atoms with E-state index in [-0.39, 0.29) is 0 Å². The third kappa shape index (κ3) is 5.24. The van der Waals surface area contributed by atoms with Gasteiger partial charge in [0.1, 0.15) is 5.82 Å². The van der Waals surface area contributed by atoms with Crippen molar-refractivity contribution >= 4 is 6.08 Å². The smallest absolute Gasteiger partial charge is 0.125 e. The van der Waals surface area contributed by atoms with Gasteiger partial charge in [-0.3, -0.25) is 0 Å². The van der Waals surface area contributed by atoms with Gasteiger partial charge >= 0.3 is 0 Å². The highest BCUT2D eigenvalue weighted by atomic mass is 16.5. The summed E-state index contributed by atoms with van der Waals surface area (Å²) in [4.78, 5) is 8.29. The van der Waals surface area contributed by atoms with Gasteiger partial charge < -0.3 is 10.1 Å². The second kappa shape index (κ2) is 7.09. The van der Waals surface area contributed by atoms with Crippen molar-refractivity contribution in [2.45, 2.75) is 6.92 Å². The summed E-state index contributed by atoms with van der Waals surface area (Å²) < 4.78 is 4.92. The van der Waals surface area contributed by atoms with Crippen LogP contribution in [0, 0.1) is 6.92 Å². The molecule has 0 aliphatic carbocycles. The molecule has 0 saturated carbocycles. The topological polar surface area (TPSA) is 47.0 Å². The molecule has 1 rings (SSSR count). The summed E-state index contributed by atoms with van der Waals surface area (Å²) >= 11 is 0. The van der Waals surface area contributed by atoms with Gasteiger partial charge in [0.05, 0.1) is 12.3 Å². The highest BCUT2D eigenvalue weighted by Gasteiger charge is 1.89. The molecule has 4 heteroatoms. The molecule has 1 aromatic rings. The molecule has 1 aromatic heterocycles. The van der Waals surface area contributed by atoms with Gasteiger partial charge in [0.15, 0.2) is 0 Å². The monoisotopic (exact) mass is 207 g/mol. The van der Waals surface area contributed by atoms with E-state index < -0.39 is 0 Å². The van der Waals surface area contributed by atoms with Crippen molar-refractivity contribution in [1.82, 2.24) is 15.3 Å². The predicted octanol–water partition coefficient (Wildman–Crippen LogP) is 1.03. The van der Waals surface area contributed by atoms with Crippen LogP contribution in [0.4, 0.5) is 0 Å². The Bertz CT molecular complexity index is 312. The first-order chi connectivity index (χ1) is 7.33. The second-order valence-electron chi connectivity index (χ2n) is 3.13. The lowest BCUT2D eigenvalue weighted by atomic mass is 10.3. The lowest BCUT2D eigenvalue weighted by molar-refractivity contribution is 0.200. The fourth-order valence-corrected chi connectivity index (χ4v) is 1.11. The van der Waals surface area contributed by atoms with Crippen LogP contribution in [0.1, 0.15) is 11.5 Å². The molecule has 0 aliphatic heterocycles. The zero-order chi connectivity index (χ0) is 10.9. The van der Waals surface area contributed by atoms with Crippen molar-refractivity contribution < 1.29 is 4.74 Å². The fraction of sp³-hybridized carbons (Fsp3) is 0.455. The number of aromatic nitrogens is 2. The van der Waals surface area contributed by atoms with Crippen molar-refractivity contribution in [3.8, 4) is 0 Å². The van der Waals surface area contributed by atoms with E-state index >= 15 is 0 Å². The zero-order valence-corrected chi connectivity index (χ0v) is 9.23. The molecule has 0 saturated heterocycles. The Morgan fingerprint density at radius 2 is 2.40 bits per heavy atom. The van der Waals surface area contributed by atoms with Crippen LogP contribution in [-0.2, 0) is 4.74 Å². The van der Waals surface area contributed by atoms with E-state index in [4.69, 9.17) is 4.74 Å². The average Bonchev–Trinajstić information content (AvgIpc) is 2.23. The molecule has 0 bridgehead atoms. The van der Waals surface area contributed by atoms with Crippen LogP contribution < -0.4 is 5.32 Å². The molecule has 0 amide bonds. The highest BCUT2D eigenvalue weighted by molar-refractivity contribution is 5.43. The molecule has 0 atom stereocenters. The maximum Gasteiger partial charge on any atom is 0.125 e. The van der Waals surface area contributed by atoms with Gasteiger partial charge in [-0.25, -0.2) is 9.97 Å². The number of hydrogen-bond acceptors (Lipinski definition) is 4. The number of ether oxygens (including phenoxy) is 1. The molecular weight excluding hydrogens is 190 g/mol. The van der Waals surface area contributed by atoms with Gasteiger partial charge in [-0.15, -0.1) is 0 Å². The minimum atomic E-state index is 0.737. The summed E-state index contributed by atoms with van der Waals surface area (Å²) in [6, 6.07) is 1.89. The fourth-order valence-electron chi connectivity index (χ4n) is 1.11. The van der Waals surface area contributed by atoms with Crippen molar-refractivity contribution in [1.29, 1.82) is 0 Å². The third-order valence-corrected chi connectivity index (χ3v) is 1.83. The molecule has 15 heavy (non-hydrogen) atoms. The molecule has 1 N–H and O–H groups in total. The Hall–Kier alpha value is -1.26. The van der Waals surface area contributed by atoms with E-state index in [1.165, 1.54) is 0 Å². The lowest BCUT2D eigenvalue weighted by Crippen LogP contribution is -2.18. The number of rotatable bonds is 6. The van der Waals surface area contributed by atoms with Crippen LogP contribution in [0.15, 0.2) is 18.3 Å². The lowest BCUT2D eigenvalue weighted by Gasteiger charge is -1.99. The van der Waals surface area contributed by atoms with Crippen LogP contribution in [0.5, 0.6) is 0 Å². The number of nitrogens with one attached hydrogen (secondary N) is 1. The normalized spacial score (nSPS) is 11.1. The quantitative estimate of drug-likeness (QED) is 0.708. The Balaban J connectivity index is 2.26. The van der Waals surface area contributed by atoms with E-state index in [9.17, 15) is 0 Å². The third-order valence-electron chi connectivity index (χ3n) is 1.83. The van der Waals surface area contributed by atoms with Crippen LogP contribution in [0.25, 0.3) is 6.08 Å². The molecule has 0 spiro atoms. The molecule has 1 heterocycles. The van der Waals surface area contributed by atoms with Crippen LogP contribution in [0.3, 0.4) is 0 Å². The summed E-state index contributed by atoms with van der Waals surface area (Å²) in [6.07, 6.45) is 5.78. The van der Waals surface area contributed by atoms with Crippen molar-refractivity contribution in [2.24, 2.45) is 0 Å². The molecular formula is C11H17N3O. The minimum absolute atomic E-state index is 0.737. The van der Waals surface area contributed by atoms with E-state index in [0.29, 0.717) is 0 Å². The van der Waals surface area contributed by atoms with Gasteiger partial charge in [0.25, 0.3) is 0 Å². The van der Waals surface area contributed by atoms with Gasteiger partial charge in [-0.05, 0) is 19.1 Å². The summed E-state index contributed by atoms with van der Waals surface area (Å²) in [7, 11) is 1.70. The number of hydrogen-bond donors (Lipinski definition) is 1. The van der Waals surface area contributed by atoms with E-state index in [2.05, 4.69) is 15.3 Å². The first-order valence-corrected chi connectivity index (χ1v) is 4.99. The Morgan fingerprint density at radius 3 is 3.13 bits per heavy atom. The van der Waals surface area contributed by atoms with E-state index in [0.717, 1.165) is 31.2 Å². The summed E-state index contributed by atoms with van der Waals surface area (Å²) in [5.41, 5.74) is 0.941. The van der Waals surface area contributed by atoms with Gasteiger partial charge in [-0.1, -0.05) is 6.08 Å². The number of nitrogens with zero attached hydrogens (tertiary/aromatic N) is 2. The molecule has 4 nitrogen and oxygen atoms in total. The number of methoxy groups -OCH3 is 1. The van der Waals surface area contributed by atoms with Crippen molar-refractivity contribution in [3.05, 3.63) is 29.9 Å². The standard InChI is InChI=1S/C11H17N3O/c1-10-13-7-5-11(14-10)4-3-6-12-8-9-15-2/h3-5,7,12H,6,8-9H2,1-2H3/b4-3+. The predicted molar refractivity (Wildman–Crippen MR) is 60.5 cm³/mol. The zero-order valence-electron chi connectivity index (χ0n) is 9.23. The molecule has 0 radical (unpaired) electrons. The number of aryl methyl sites for hydroxylation is 1. The maximum atomic E-state index is 4.92.